The van der Waals surface area contributed by atoms with Gasteiger partial charge in [-0.2, -0.15) is 0 Å². The molecule has 2 rings (SSSR count). The van der Waals surface area contributed by atoms with Crippen LogP contribution in [0.4, 0.5) is 10.1 Å². The van der Waals surface area contributed by atoms with Gasteiger partial charge in [0.1, 0.15) is 5.82 Å². The molecule has 0 aliphatic heterocycles. The Labute approximate surface area is 153 Å². The summed E-state index contributed by atoms with van der Waals surface area (Å²) < 4.78 is 18.4. The average Bonchev–Trinajstić information content (AvgIpc) is 2.60. The predicted molar refractivity (Wildman–Crippen MR) is 99.5 cm³/mol. The lowest BCUT2D eigenvalue weighted by molar-refractivity contribution is -0.147. The largest absolute Gasteiger partial charge is 0.456 e. The van der Waals surface area contributed by atoms with Gasteiger partial charge in [0.15, 0.2) is 6.61 Å². The van der Waals surface area contributed by atoms with E-state index in [2.05, 4.69) is 38.2 Å². The van der Waals surface area contributed by atoms with Gasteiger partial charge in [-0.3, -0.25) is 9.59 Å². The fourth-order valence-electron chi connectivity index (χ4n) is 2.38. The minimum atomic E-state index is -0.571. The molecule has 0 unspecified atom stereocenters. The number of ether oxygens (including phenoxy) is 1. The van der Waals surface area contributed by atoms with Crippen LogP contribution in [0.25, 0.3) is 0 Å². The van der Waals surface area contributed by atoms with Gasteiger partial charge < -0.3 is 10.1 Å². The van der Waals surface area contributed by atoms with Crippen LogP contribution in [-0.2, 0) is 26.2 Å². The normalized spacial score (nSPS) is 11.1. The van der Waals surface area contributed by atoms with Gasteiger partial charge in [0.25, 0.3) is 5.91 Å². The summed E-state index contributed by atoms with van der Waals surface area (Å²) in [6, 6.07) is 13.9. The van der Waals surface area contributed by atoms with E-state index in [1.165, 1.54) is 23.8 Å². The molecule has 0 atom stereocenters. The van der Waals surface area contributed by atoms with Crippen molar-refractivity contribution in [3.63, 3.8) is 0 Å². The molecule has 0 aromatic heterocycles. The van der Waals surface area contributed by atoms with Gasteiger partial charge in [-0.15, -0.1) is 0 Å². The molecule has 26 heavy (non-hydrogen) atoms. The van der Waals surface area contributed by atoms with Crippen LogP contribution < -0.4 is 5.32 Å². The Bertz CT molecular complexity index is 764. The lowest BCUT2D eigenvalue weighted by Gasteiger charge is -2.19. The first kappa shape index (κ1) is 19.6. The number of nitrogens with one attached hydrogen (secondary N) is 1. The van der Waals surface area contributed by atoms with Crippen LogP contribution in [0.3, 0.4) is 0 Å². The van der Waals surface area contributed by atoms with E-state index < -0.39 is 24.3 Å². The standard InChI is InChI=1S/C21H24FNO3/c1-21(2,3)16-11-8-15(9-12-16)10-13-20(25)26-14-19(24)23-18-7-5-4-6-17(18)22/h4-9,11-12H,10,13-14H2,1-3H3,(H,23,24). The van der Waals surface area contributed by atoms with Gasteiger partial charge >= 0.3 is 5.97 Å². The summed E-state index contributed by atoms with van der Waals surface area (Å²) in [5.41, 5.74) is 2.41. The maximum absolute atomic E-state index is 13.4. The Hall–Kier alpha value is -2.69. The smallest absolute Gasteiger partial charge is 0.306 e. The third-order valence-corrected chi connectivity index (χ3v) is 3.95. The van der Waals surface area contributed by atoms with Crippen molar-refractivity contribution in [2.45, 2.75) is 39.0 Å². The molecule has 1 amide bonds. The van der Waals surface area contributed by atoms with Crippen molar-refractivity contribution in [2.75, 3.05) is 11.9 Å². The number of benzene rings is 2. The molecular weight excluding hydrogens is 333 g/mol. The number of hydrogen-bond donors (Lipinski definition) is 1. The monoisotopic (exact) mass is 357 g/mol. The molecule has 0 saturated heterocycles. The van der Waals surface area contributed by atoms with Crippen LogP contribution in [0.1, 0.15) is 38.3 Å². The van der Waals surface area contributed by atoms with Crippen molar-refractivity contribution in [3.05, 3.63) is 65.5 Å². The number of esters is 1. The predicted octanol–water partition coefficient (Wildman–Crippen LogP) is 4.24. The van der Waals surface area contributed by atoms with Gasteiger partial charge in [-0.1, -0.05) is 57.2 Å². The summed E-state index contributed by atoms with van der Waals surface area (Å²) in [6.07, 6.45) is 0.722. The highest BCUT2D eigenvalue weighted by molar-refractivity contribution is 5.92. The molecule has 138 valence electrons. The number of carbonyl (C=O) groups excluding carboxylic acids is 2. The van der Waals surface area contributed by atoms with Crippen molar-refractivity contribution >= 4 is 17.6 Å². The van der Waals surface area contributed by atoms with E-state index >= 15 is 0 Å². The van der Waals surface area contributed by atoms with Crippen molar-refractivity contribution in [2.24, 2.45) is 0 Å². The number of amides is 1. The van der Waals surface area contributed by atoms with E-state index in [1.807, 2.05) is 12.1 Å². The number of hydrogen-bond acceptors (Lipinski definition) is 3. The molecule has 0 aliphatic rings. The van der Waals surface area contributed by atoms with E-state index in [1.54, 1.807) is 6.07 Å². The average molecular weight is 357 g/mol. The molecule has 2 aromatic rings. The molecular formula is C21H24FNO3. The number of aryl methyl sites for hydroxylation is 1. The van der Waals surface area contributed by atoms with Gasteiger partial charge in [-0.05, 0) is 35.1 Å². The third kappa shape index (κ3) is 5.99. The minimum absolute atomic E-state index is 0.0625. The van der Waals surface area contributed by atoms with Crippen molar-refractivity contribution in [1.29, 1.82) is 0 Å². The van der Waals surface area contributed by atoms with Gasteiger partial charge in [-0.25, -0.2) is 4.39 Å². The molecule has 0 spiro atoms. The molecule has 0 aliphatic carbocycles. The Balaban J connectivity index is 1.75. The van der Waals surface area contributed by atoms with Crippen LogP contribution in [0, 0.1) is 5.82 Å². The van der Waals surface area contributed by atoms with Crippen LogP contribution >= 0.6 is 0 Å². The highest BCUT2D eigenvalue weighted by Gasteiger charge is 2.13. The zero-order valence-electron chi connectivity index (χ0n) is 15.3. The Kier molecular flexibility index (Phi) is 6.50. The fraction of sp³-hybridized carbons (Fsp3) is 0.333. The Morgan fingerprint density at radius 2 is 1.69 bits per heavy atom. The van der Waals surface area contributed by atoms with E-state index in [0.717, 1.165) is 5.56 Å². The van der Waals surface area contributed by atoms with Gasteiger partial charge in [0, 0.05) is 6.42 Å². The highest BCUT2D eigenvalue weighted by atomic mass is 19.1. The molecule has 0 bridgehead atoms. The molecule has 2 aromatic carbocycles. The Morgan fingerprint density at radius 3 is 2.31 bits per heavy atom. The third-order valence-electron chi connectivity index (χ3n) is 3.95. The van der Waals surface area contributed by atoms with E-state index in [9.17, 15) is 14.0 Å². The fourth-order valence-corrected chi connectivity index (χ4v) is 2.38. The lowest BCUT2D eigenvalue weighted by Crippen LogP contribution is -2.21. The summed E-state index contributed by atoms with van der Waals surface area (Å²) in [5, 5.41) is 2.37. The highest BCUT2D eigenvalue weighted by Crippen LogP contribution is 2.22. The summed E-state index contributed by atoms with van der Waals surface area (Å²) in [6.45, 7) is 6.00. The number of rotatable bonds is 6. The number of carbonyl (C=O) groups is 2. The molecule has 1 N–H and O–H groups in total. The minimum Gasteiger partial charge on any atom is -0.456 e. The van der Waals surface area contributed by atoms with E-state index in [-0.39, 0.29) is 17.5 Å². The van der Waals surface area contributed by atoms with Crippen molar-refractivity contribution in [1.82, 2.24) is 0 Å². The summed E-state index contributed by atoms with van der Waals surface area (Å²) >= 11 is 0. The van der Waals surface area contributed by atoms with Crippen molar-refractivity contribution < 1.29 is 18.7 Å². The Morgan fingerprint density at radius 1 is 1.04 bits per heavy atom. The molecule has 0 saturated carbocycles. The van der Waals surface area contributed by atoms with Crippen LogP contribution in [0.15, 0.2) is 48.5 Å². The molecule has 5 heteroatoms. The maximum atomic E-state index is 13.4. The quantitative estimate of drug-likeness (QED) is 0.787. The summed E-state index contributed by atoms with van der Waals surface area (Å²) in [7, 11) is 0. The summed E-state index contributed by atoms with van der Waals surface area (Å²) in [4.78, 5) is 23.5. The van der Waals surface area contributed by atoms with Gasteiger partial charge in [0.05, 0.1) is 5.69 Å². The molecule has 4 nitrogen and oxygen atoms in total. The topological polar surface area (TPSA) is 55.4 Å². The second kappa shape index (κ2) is 8.61. The SMILES string of the molecule is CC(C)(C)c1ccc(CCC(=O)OCC(=O)Nc2ccccc2F)cc1. The zero-order valence-corrected chi connectivity index (χ0v) is 15.3. The zero-order chi connectivity index (χ0) is 19.2. The van der Waals surface area contributed by atoms with Crippen LogP contribution in [0.5, 0.6) is 0 Å². The second-order valence-corrected chi connectivity index (χ2v) is 7.14. The van der Waals surface area contributed by atoms with Crippen molar-refractivity contribution in [3.8, 4) is 0 Å². The molecule has 0 radical (unpaired) electrons. The first-order valence-electron chi connectivity index (χ1n) is 8.55. The second-order valence-electron chi connectivity index (χ2n) is 7.14. The molecule has 0 fully saturated rings. The summed E-state index contributed by atoms with van der Waals surface area (Å²) in [5.74, 6) is -1.57. The van der Waals surface area contributed by atoms with Crippen LogP contribution in [-0.4, -0.2) is 18.5 Å². The molecule has 0 heterocycles. The maximum Gasteiger partial charge on any atom is 0.306 e. The number of halogens is 1. The van der Waals surface area contributed by atoms with E-state index in [4.69, 9.17) is 4.74 Å². The number of para-hydroxylation sites is 1. The van der Waals surface area contributed by atoms with Gasteiger partial charge in [0.2, 0.25) is 0 Å². The van der Waals surface area contributed by atoms with Crippen LogP contribution in [0.2, 0.25) is 0 Å². The van der Waals surface area contributed by atoms with E-state index in [0.29, 0.717) is 6.42 Å². The number of anilines is 1. The first-order valence-corrected chi connectivity index (χ1v) is 8.55. The lowest BCUT2D eigenvalue weighted by atomic mass is 9.86. The first-order chi connectivity index (χ1) is 12.3.